The quantitative estimate of drug-likeness (QED) is 0.896. The molecule has 3 atom stereocenters. The standard InChI is InChI=1S/C18H24N2/c1-13-6-3-8-15(12-13)17(19-2)16-10-4-7-14-9-5-11-20-18(14)16/h4-5,7,9-11,13,15,17,19H,3,6,8,12H2,1-2H3. The van der Waals surface area contributed by atoms with Gasteiger partial charge in [-0.1, -0.05) is 44.0 Å². The summed E-state index contributed by atoms with van der Waals surface area (Å²) in [6, 6.07) is 11.2. The third kappa shape index (κ3) is 2.57. The molecule has 0 spiro atoms. The van der Waals surface area contributed by atoms with Crippen LogP contribution < -0.4 is 5.32 Å². The Bertz CT molecular complexity index is 573. The monoisotopic (exact) mass is 268 g/mol. The number of pyridine rings is 1. The SMILES string of the molecule is CNC(c1cccc2cccnc12)C1CCCC(C)C1. The Morgan fingerprint density at radius 3 is 2.85 bits per heavy atom. The summed E-state index contributed by atoms with van der Waals surface area (Å²) in [6.07, 6.45) is 7.32. The predicted molar refractivity (Wildman–Crippen MR) is 84.7 cm³/mol. The Labute approximate surface area is 121 Å². The first-order chi connectivity index (χ1) is 9.79. The van der Waals surface area contributed by atoms with Gasteiger partial charge >= 0.3 is 0 Å². The molecule has 0 amide bonds. The minimum absolute atomic E-state index is 0.427. The topological polar surface area (TPSA) is 24.9 Å². The first-order valence-corrected chi connectivity index (χ1v) is 7.80. The summed E-state index contributed by atoms with van der Waals surface area (Å²) in [5, 5.41) is 4.81. The van der Waals surface area contributed by atoms with E-state index in [1.165, 1.54) is 36.6 Å². The largest absolute Gasteiger partial charge is 0.313 e. The molecular weight excluding hydrogens is 244 g/mol. The normalized spacial score (nSPS) is 24.7. The van der Waals surface area contributed by atoms with Gasteiger partial charge in [0.1, 0.15) is 0 Å². The number of aromatic nitrogens is 1. The molecule has 1 heterocycles. The second kappa shape index (κ2) is 5.92. The zero-order valence-corrected chi connectivity index (χ0v) is 12.5. The molecule has 0 aliphatic heterocycles. The fourth-order valence-corrected chi connectivity index (χ4v) is 3.81. The molecule has 1 aromatic heterocycles. The van der Waals surface area contributed by atoms with Crippen molar-refractivity contribution in [3.05, 3.63) is 42.1 Å². The highest BCUT2D eigenvalue weighted by Crippen LogP contribution is 2.38. The Kier molecular flexibility index (Phi) is 4.02. The number of nitrogens with one attached hydrogen (secondary N) is 1. The van der Waals surface area contributed by atoms with Gasteiger partial charge in [0, 0.05) is 17.6 Å². The number of hydrogen-bond donors (Lipinski definition) is 1. The molecule has 3 unspecified atom stereocenters. The van der Waals surface area contributed by atoms with Crippen molar-refractivity contribution in [2.45, 2.75) is 38.6 Å². The molecule has 2 nitrogen and oxygen atoms in total. The van der Waals surface area contributed by atoms with Gasteiger partial charge in [0.2, 0.25) is 0 Å². The van der Waals surface area contributed by atoms with E-state index >= 15 is 0 Å². The highest BCUT2D eigenvalue weighted by atomic mass is 14.9. The molecule has 0 bridgehead atoms. The average molecular weight is 268 g/mol. The molecule has 106 valence electrons. The Morgan fingerprint density at radius 1 is 1.20 bits per heavy atom. The van der Waals surface area contributed by atoms with Gasteiger partial charge in [-0.3, -0.25) is 4.98 Å². The first-order valence-electron chi connectivity index (χ1n) is 7.80. The lowest BCUT2D eigenvalue weighted by molar-refractivity contribution is 0.230. The maximum atomic E-state index is 4.62. The second-order valence-electron chi connectivity index (χ2n) is 6.22. The summed E-state index contributed by atoms with van der Waals surface area (Å²) in [5.74, 6) is 1.59. The van der Waals surface area contributed by atoms with Crippen LogP contribution in [0.5, 0.6) is 0 Å². The fraction of sp³-hybridized carbons (Fsp3) is 0.500. The van der Waals surface area contributed by atoms with Crippen molar-refractivity contribution in [3.63, 3.8) is 0 Å². The molecule has 1 N–H and O–H groups in total. The summed E-state index contributed by atoms with van der Waals surface area (Å²) in [4.78, 5) is 4.62. The van der Waals surface area contributed by atoms with Crippen molar-refractivity contribution in [1.29, 1.82) is 0 Å². The van der Waals surface area contributed by atoms with Gasteiger partial charge in [0.25, 0.3) is 0 Å². The van der Waals surface area contributed by atoms with Crippen molar-refractivity contribution in [1.82, 2.24) is 10.3 Å². The zero-order valence-electron chi connectivity index (χ0n) is 12.5. The summed E-state index contributed by atoms with van der Waals surface area (Å²) in [7, 11) is 2.09. The lowest BCUT2D eigenvalue weighted by atomic mass is 9.76. The van der Waals surface area contributed by atoms with Gasteiger partial charge < -0.3 is 5.32 Å². The summed E-state index contributed by atoms with van der Waals surface area (Å²) in [6.45, 7) is 2.39. The molecule has 2 heteroatoms. The lowest BCUT2D eigenvalue weighted by Gasteiger charge is -2.33. The number of fused-ring (bicyclic) bond motifs is 1. The lowest BCUT2D eigenvalue weighted by Crippen LogP contribution is -2.29. The van der Waals surface area contributed by atoms with Crippen LogP contribution in [0.4, 0.5) is 0 Å². The van der Waals surface area contributed by atoms with Gasteiger partial charge in [-0.15, -0.1) is 0 Å². The van der Waals surface area contributed by atoms with Crippen molar-refractivity contribution in [2.75, 3.05) is 7.05 Å². The summed E-state index contributed by atoms with van der Waals surface area (Å²) >= 11 is 0. The van der Waals surface area contributed by atoms with Crippen LogP contribution in [-0.4, -0.2) is 12.0 Å². The third-order valence-electron chi connectivity index (χ3n) is 4.76. The van der Waals surface area contributed by atoms with Crippen LogP contribution in [-0.2, 0) is 0 Å². The summed E-state index contributed by atoms with van der Waals surface area (Å²) in [5.41, 5.74) is 2.53. The first kappa shape index (κ1) is 13.6. The molecule has 3 rings (SSSR count). The smallest absolute Gasteiger partial charge is 0.0749 e. The van der Waals surface area contributed by atoms with Crippen LogP contribution in [0.15, 0.2) is 36.5 Å². The van der Waals surface area contributed by atoms with Gasteiger partial charge in [-0.2, -0.15) is 0 Å². The van der Waals surface area contributed by atoms with Crippen LogP contribution in [0.25, 0.3) is 10.9 Å². The third-order valence-corrected chi connectivity index (χ3v) is 4.76. The minimum Gasteiger partial charge on any atom is -0.313 e. The number of hydrogen-bond acceptors (Lipinski definition) is 2. The summed E-state index contributed by atoms with van der Waals surface area (Å²) < 4.78 is 0. The van der Waals surface area contributed by atoms with Gasteiger partial charge in [0.05, 0.1) is 5.52 Å². The molecule has 1 aliphatic carbocycles. The molecule has 0 radical (unpaired) electrons. The highest BCUT2D eigenvalue weighted by molar-refractivity contribution is 5.82. The Balaban J connectivity index is 1.98. The fourth-order valence-electron chi connectivity index (χ4n) is 3.81. The maximum absolute atomic E-state index is 4.62. The van der Waals surface area contributed by atoms with Crippen LogP contribution >= 0.6 is 0 Å². The van der Waals surface area contributed by atoms with E-state index in [0.717, 1.165) is 17.4 Å². The zero-order chi connectivity index (χ0) is 13.9. The Hall–Kier alpha value is -1.41. The second-order valence-corrected chi connectivity index (χ2v) is 6.22. The number of nitrogens with zero attached hydrogens (tertiary/aromatic N) is 1. The van der Waals surface area contributed by atoms with Crippen LogP contribution in [0, 0.1) is 11.8 Å². The molecule has 1 aromatic carbocycles. The molecule has 1 fully saturated rings. The van der Waals surface area contributed by atoms with Crippen LogP contribution in [0.1, 0.15) is 44.2 Å². The number of rotatable bonds is 3. The van der Waals surface area contributed by atoms with Crippen molar-refractivity contribution < 1.29 is 0 Å². The average Bonchev–Trinajstić information content (AvgIpc) is 2.48. The predicted octanol–water partition coefficient (Wildman–Crippen LogP) is 4.32. The molecule has 20 heavy (non-hydrogen) atoms. The van der Waals surface area contributed by atoms with Gasteiger partial charge in [0.15, 0.2) is 0 Å². The highest BCUT2D eigenvalue weighted by Gasteiger charge is 2.27. The van der Waals surface area contributed by atoms with Crippen LogP contribution in [0.2, 0.25) is 0 Å². The van der Waals surface area contributed by atoms with Gasteiger partial charge in [-0.05, 0) is 43.4 Å². The molecule has 0 saturated heterocycles. The molecular formula is C18H24N2. The maximum Gasteiger partial charge on any atom is 0.0749 e. The number of para-hydroxylation sites is 1. The van der Waals surface area contributed by atoms with E-state index in [9.17, 15) is 0 Å². The molecule has 2 aromatic rings. The number of benzene rings is 1. The van der Waals surface area contributed by atoms with Crippen molar-refractivity contribution in [3.8, 4) is 0 Å². The molecule has 1 aliphatic rings. The van der Waals surface area contributed by atoms with E-state index < -0.39 is 0 Å². The van der Waals surface area contributed by atoms with E-state index in [2.05, 4.69) is 48.5 Å². The minimum atomic E-state index is 0.427. The van der Waals surface area contributed by atoms with E-state index in [1.54, 1.807) is 0 Å². The van der Waals surface area contributed by atoms with E-state index in [0.29, 0.717) is 6.04 Å². The Morgan fingerprint density at radius 2 is 2.05 bits per heavy atom. The van der Waals surface area contributed by atoms with E-state index in [4.69, 9.17) is 0 Å². The van der Waals surface area contributed by atoms with Gasteiger partial charge in [-0.25, -0.2) is 0 Å². The van der Waals surface area contributed by atoms with Crippen molar-refractivity contribution in [2.24, 2.45) is 11.8 Å². The van der Waals surface area contributed by atoms with E-state index in [1.807, 2.05) is 12.3 Å². The van der Waals surface area contributed by atoms with E-state index in [-0.39, 0.29) is 0 Å². The molecule has 1 saturated carbocycles. The van der Waals surface area contributed by atoms with Crippen molar-refractivity contribution >= 4 is 10.9 Å². The van der Waals surface area contributed by atoms with Crippen LogP contribution in [0.3, 0.4) is 0 Å².